The summed E-state index contributed by atoms with van der Waals surface area (Å²) in [5.41, 5.74) is 7.11. The number of halogens is 3. The molecule has 1 unspecified atom stereocenters. The SMILES string of the molecule is Cc1cccc(C)c1-c1cccc(-c2c(C)cccc2C)c1P(c1ccccc1P(=O)(C(C)(C)C)C(C)(C)C)c1cc(C(F)(F)F)cc([Si](C)(C)C)c1O. The second-order valence-corrected chi connectivity index (χ2v) is 29.2. The zero-order chi connectivity index (χ0) is 40.3. The van der Waals surface area contributed by atoms with Crippen LogP contribution in [-0.2, 0) is 10.7 Å². The van der Waals surface area contributed by atoms with Gasteiger partial charge in [-0.05, 0) is 103 Å². The summed E-state index contributed by atoms with van der Waals surface area (Å²) in [7, 11) is -7.94. The van der Waals surface area contributed by atoms with Crippen molar-refractivity contribution < 1.29 is 22.8 Å². The Labute approximate surface area is 323 Å². The molecule has 0 aliphatic carbocycles. The molecule has 1 atom stereocenters. The van der Waals surface area contributed by atoms with E-state index in [0.717, 1.165) is 55.9 Å². The molecular formula is C46H55F3O2P2Si. The average molecular weight is 787 g/mol. The van der Waals surface area contributed by atoms with Gasteiger partial charge in [0.05, 0.1) is 13.6 Å². The molecule has 0 radical (unpaired) electrons. The van der Waals surface area contributed by atoms with Crippen LogP contribution < -0.4 is 26.4 Å². The van der Waals surface area contributed by atoms with Crippen molar-refractivity contribution in [3.63, 3.8) is 0 Å². The molecule has 0 aliphatic heterocycles. The summed E-state index contributed by atoms with van der Waals surface area (Å²) in [6.45, 7) is 26.1. The molecule has 5 rings (SSSR count). The van der Waals surface area contributed by atoms with Gasteiger partial charge in [0.1, 0.15) is 12.9 Å². The van der Waals surface area contributed by atoms with E-state index in [-0.39, 0.29) is 11.1 Å². The maximum Gasteiger partial charge on any atom is 0.416 e. The van der Waals surface area contributed by atoms with Crippen molar-refractivity contribution in [1.82, 2.24) is 0 Å². The van der Waals surface area contributed by atoms with Crippen LogP contribution in [0.4, 0.5) is 13.2 Å². The van der Waals surface area contributed by atoms with Gasteiger partial charge < -0.3 is 9.67 Å². The lowest BCUT2D eigenvalue weighted by molar-refractivity contribution is -0.137. The molecular weight excluding hydrogens is 732 g/mol. The fourth-order valence-electron chi connectivity index (χ4n) is 8.21. The van der Waals surface area contributed by atoms with Gasteiger partial charge in [0.2, 0.25) is 0 Å². The minimum atomic E-state index is -4.66. The van der Waals surface area contributed by atoms with E-state index in [1.54, 1.807) is 0 Å². The lowest BCUT2D eigenvalue weighted by Crippen LogP contribution is -2.44. The minimum absolute atomic E-state index is 0.104. The second-order valence-electron chi connectivity index (χ2n) is 17.6. The van der Waals surface area contributed by atoms with Crippen LogP contribution in [0.5, 0.6) is 5.75 Å². The number of rotatable bonds is 7. The van der Waals surface area contributed by atoms with Crippen LogP contribution in [0.3, 0.4) is 0 Å². The number of benzene rings is 5. The molecule has 8 heteroatoms. The monoisotopic (exact) mass is 786 g/mol. The third kappa shape index (κ3) is 7.44. The fraction of sp³-hybridized carbons (Fsp3) is 0.348. The Balaban J connectivity index is 2.17. The van der Waals surface area contributed by atoms with Crippen LogP contribution in [0.1, 0.15) is 69.4 Å². The van der Waals surface area contributed by atoms with Gasteiger partial charge in [-0.15, -0.1) is 0 Å². The van der Waals surface area contributed by atoms with Crippen LogP contribution in [0.15, 0.2) is 91.0 Å². The first-order chi connectivity index (χ1) is 24.8. The van der Waals surface area contributed by atoms with E-state index in [9.17, 15) is 5.11 Å². The summed E-state index contributed by atoms with van der Waals surface area (Å²) in [5.74, 6) is -0.104. The number of phenols is 1. The second kappa shape index (κ2) is 14.6. The van der Waals surface area contributed by atoms with Crippen molar-refractivity contribution in [2.24, 2.45) is 0 Å². The molecule has 0 saturated carbocycles. The molecule has 0 aromatic heterocycles. The largest absolute Gasteiger partial charge is 0.507 e. The molecule has 0 bridgehead atoms. The number of alkyl halides is 3. The van der Waals surface area contributed by atoms with Crippen molar-refractivity contribution in [1.29, 1.82) is 0 Å². The molecule has 5 aromatic carbocycles. The Bertz CT molecular complexity index is 2140. The summed E-state index contributed by atoms with van der Waals surface area (Å²) in [6, 6.07) is 28.4. The molecule has 2 nitrogen and oxygen atoms in total. The number of aryl methyl sites for hydroxylation is 4. The summed E-state index contributed by atoms with van der Waals surface area (Å²) >= 11 is 0. The summed E-state index contributed by atoms with van der Waals surface area (Å²) in [6.07, 6.45) is -4.66. The highest BCUT2D eigenvalue weighted by atomic mass is 31.2. The van der Waals surface area contributed by atoms with Crippen molar-refractivity contribution >= 4 is 49.5 Å². The lowest BCUT2D eigenvalue weighted by Gasteiger charge is -2.43. The van der Waals surface area contributed by atoms with Crippen molar-refractivity contribution in [2.45, 2.75) is 105 Å². The molecule has 0 spiro atoms. The molecule has 0 fully saturated rings. The van der Waals surface area contributed by atoms with E-state index in [1.807, 2.05) is 104 Å². The van der Waals surface area contributed by atoms with Gasteiger partial charge in [0.25, 0.3) is 0 Å². The highest BCUT2D eigenvalue weighted by Gasteiger charge is 2.50. The van der Waals surface area contributed by atoms with E-state index >= 15 is 17.7 Å². The third-order valence-corrected chi connectivity index (χ3v) is 20.2. The van der Waals surface area contributed by atoms with E-state index in [4.69, 9.17) is 0 Å². The predicted molar refractivity (Wildman–Crippen MR) is 231 cm³/mol. The average Bonchev–Trinajstić information content (AvgIpc) is 3.04. The highest BCUT2D eigenvalue weighted by Crippen LogP contribution is 2.66. The van der Waals surface area contributed by atoms with E-state index in [0.29, 0.717) is 15.8 Å². The first-order valence-electron chi connectivity index (χ1n) is 18.5. The Morgan fingerprint density at radius 2 is 1.04 bits per heavy atom. The van der Waals surface area contributed by atoms with Crippen LogP contribution in [0, 0.1) is 27.7 Å². The molecule has 54 heavy (non-hydrogen) atoms. The van der Waals surface area contributed by atoms with Gasteiger partial charge >= 0.3 is 6.18 Å². The molecule has 286 valence electrons. The quantitative estimate of drug-likeness (QED) is 0.132. The molecule has 5 aromatic rings. The predicted octanol–water partition coefficient (Wildman–Crippen LogP) is 11.9. The summed E-state index contributed by atoms with van der Waals surface area (Å²) in [4.78, 5) is 0. The van der Waals surface area contributed by atoms with Gasteiger partial charge in [-0.3, -0.25) is 0 Å². The van der Waals surface area contributed by atoms with Crippen LogP contribution in [0.2, 0.25) is 19.6 Å². The van der Waals surface area contributed by atoms with Gasteiger partial charge in [0, 0.05) is 26.2 Å². The van der Waals surface area contributed by atoms with Gasteiger partial charge in [-0.2, -0.15) is 13.2 Å². The maximum absolute atomic E-state index is 16.1. The van der Waals surface area contributed by atoms with E-state index in [2.05, 4.69) is 64.1 Å². The van der Waals surface area contributed by atoms with Gasteiger partial charge in [-0.25, -0.2) is 0 Å². The molecule has 0 saturated heterocycles. The lowest BCUT2D eigenvalue weighted by atomic mass is 9.90. The smallest absolute Gasteiger partial charge is 0.416 e. The van der Waals surface area contributed by atoms with E-state index < -0.39 is 45.2 Å². The van der Waals surface area contributed by atoms with Crippen molar-refractivity contribution in [3.8, 4) is 28.0 Å². The standard InChI is InChI=1S/C46H55F3O2P2Si/c1-29-19-16-20-30(2)40(29)34-23-18-24-35(41-31(3)21-17-22-32(41)4)43(34)52(37-27-33(46(47,48)49)28-39(42(37)50)54(11,12)13)36-25-14-15-26-38(36)53(51,44(5,6)7)45(8,9)10/h14-28,50H,1-13H3. The van der Waals surface area contributed by atoms with Crippen molar-refractivity contribution in [3.05, 3.63) is 119 Å². The molecule has 0 amide bonds. The van der Waals surface area contributed by atoms with E-state index in [1.165, 1.54) is 6.07 Å². The number of phenolic OH excluding ortho intramolecular Hbond substituents is 1. The summed E-state index contributed by atoms with van der Waals surface area (Å²) < 4.78 is 61.4. The fourth-order valence-corrected chi connectivity index (χ4v) is 17.4. The molecule has 0 heterocycles. The Morgan fingerprint density at radius 1 is 0.611 bits per heavy atom. The van der Waals surface area contributed by atoms with Crippen LogP contribution >= 0.6 is 15.1 Å². The maximum atomic E-state index is 16.1. The molecule has 1 N–H and O–H groups in total. The first-order valence-corrected chi connectivity index (χ1v) is 25.1. The minimum Gasteiger partial charge on any atom is -0.507 e. The molecule has 0 aliphatic rings. The van der Waals surface area contributed by atoms with Gasteiger partial charge in [0.15, 0.2) is 0 Å². The zero-order valence-electron chi connectivity index (χ0n) is 34.0. The van der Waals surface area contributed by atoms with Crippen LogP contribution in [0.25, 0.3) is 22.3 Å². The van der Waals surface area contributed by atoms with Crippen molar-refractivity contribution in [2.75, 3.05) is 0 Å². The Kier molecular flexibility index (Phi) is 11.3. The number of hydrogen-bond acceptors (Lipinski definition) is 2. The highest BCUT2D eigenvalue weighted by molar-refractivity contribution is 7.84. The zero-order valence-corrected chi connectivity index (χ0v) is 36.8. The summed E-state index contributed by atoms with van der Waals surface area (Å²) in [5, 5.41) is 13.9. The number of hydrogen-bond donors (Lipinski definition) is 1. The Hall–Kier alpha value is -3.43. The van der Waals surface area contributed by atoms with Gasteiger partial charge in [-0.1, -0.05) is 140 Å². The normalized spacial score (nSPS) is 13.6. The Morgan fingerprint density at radius 3 is 1.44 bits per heavy atom. The third-order valence-electron chi connectivity index (χ3n) is 10.6. The van der Waals surface area contributed by atoms with Crippen LogP contribution in [-0.4, -0.2) is 23.5 Å². The number of aromatic hydroxyl groups is 1. The first kappa shape index (κ1) is 41.7. The topological polar surface area (TPSA) is 37.3 Å².